The second-order valence-electron chi connectivity index (χ2n) is 7.28. The van der Waals surface area contributed by atoms with Crippen LogP contribution in [0.3, 0.4) is 0 Å². The summed E-state index contributed by atoms with van der Waals surface area (Å²) >= 11 is 14.2. The van der Waals surface area contributed by atoms with Gasteiger partial charge in [0.15, 0.2) is 0 Å². The Labute approximate surface area is 183 Å². The van der Waals surface area contributed by atoms with Crippen LogP contribution in [-0.4, -0.2) is 9.97 Å². The van der Waals surface area contributed by atoms with Crippen molar-refractivity contribution in [3.63, 3.8) is 0 Å². The highest BCUT2D eigenvalue weighted by Crippen LogP contribution is 2.40. The summed E-state index contributed by atoms with van der Waals surface area (Å²) in [7, 11) is 0. The summed E-state index contributed by atoms with van der Waals surface area (Å²) in [6.45, 7) is 0.595. The Morgan fingerprint density at radius 3 is 2.69 bits per heavy atom. The van der Waals surface area contributed by atoms with Gasteiger partial charge >= 0.3 is 0 Å². The second-order valence-corrected chi connectivity index (χ2v) is 9.20. The highest BCUT2D eigenvalue weighted by molar-refractivity contribution is 7.19. The molecule has 146 valence electrons. The molecule has 0 spiro atoms. The molecule has 0 atom stereocenters. The number of nitrogens with zero attached hydrogens (tertiary/aromatic N) is 2. The molecule has 0 bridgehead atoms. The average Bonchev–Trinajstić information content (AvgIpc) is 3.29. The molecule has 1 N–H and O–H groups in total. The maximum Gasteiger partial charge on any atom is 0.139 e. The summed E-state index contributed by atoms with van der Waals surface area (Å²) in [5.41, 5.74) is 3.63. The van der Waals surface area contributed by atoms with Gasteiger partial charge in [0, 0.05) is 27.9 Å². The van der Waals surface area contributed by atoms with E-state index in [4.69, 9.17) is 33.2 Å². The summed E-state index contributed by atoms with van der Waals surface area (Å²) in [5, 5.41) is 6.02. The molecule has 2 heterocycles. The summed E-state index contributed by atoms with van der Waals surface area (Å²) in [6, 6.07) is 16.0. The molecule has 0 aliphatic heterocycles. The van der Waals surface area contributed by atoms with Crippen molar-refractivity contribution in [2.24, 2.45) is 0 Å². The topological polar surface area (TPSA) is 37.8 Å². The van der Waals surface area contributed by atoms with Gasteiger partial charge in [-0.2, -0.15) is 0 Å². The normalized spacial score (nSPS) is 13.0. The van der Waals surface area contributed by atoms with Crippen molar-refractivity contribution in [2.75, 3.05) is 5.32 Å². The quantitative estimate of drug-likeness (QED) is 0.376. The lowest BCUT2D eigenvalue weighted by Gasteiger charge is -2.11. The van der Waals surface area contributed by atoms with Crippen LogP contribution in [-0.2, 0) is 25.8 Å². The van der Waals surface area contributed by atoms with Crippen LogP contribution in [0.25, 0.3) is 10.2 Å². The minimum atomic E-state index is 0.595. The summed E-state index contributed by atoms with van der Waals surface area (Å²) in [4.78, 5) is 12.4. The third-order valence-corrected chi connectivity index (χ3v) is 7.05. The first-order valence-corrected chi connectivity index (χ1v) is 11.3. The van der Waals surface area contributed by atoms with Crippen LogP contribution in [0, 0.1) is 0 Å². The SMILES string of the molecule is Clc1ccc(CNc2nc(Cc3ccccc3)nc3sc4c(c23)CCC4)c(Cl)c1. The van der Waals surface area contributed by atoms with Crippen molar-refractivity contribution in [1.29, 1.82) is 0 Å². The largest absolute Gasteiger partial charge is 0.365 e. The van der Waals surface area contributed by atoms with Crippen molar-refractivity contribution in [2.45, 2.75) is 32.2 Å². The molecule has 0 radical (unpaired) electrons. The van der Waals surface area contributed by atoms with E-state index < -0.39 is 0 Å². The number of thiophene rings is 1. The van der Waals surface area contributed by atoms with Gasteiger partial charge < -0.3 is 5.32 Å². The molecule has 6 heteroatoms. The first-order chi connectivity index (χ1) is 14.2. The molecule has 5 rings (SSSR count). The predicted octanol–water partition coefficient (Wildman–Crippen LogP) is 6.69. The Kier molecular flexibility index (Phi) is 5.17. The van der Waals surface area contributed by atoms with E-state index in [0.717, 1.165) is 41.3 Å². The van der Waals surface area contributed by atoms with Gasteiger partial charge in [-0.1, -0.05) is 59.6 Å². The average molecular weight is 440 g/mol. The minimum Gasteiger partial charge on any atom is -0.365 e. The van der Waals surface area contributed by atoms with Gasteiger partial charge in [-0.25, -0.2) is 9.97 Å². The molecule has 4 aromatic rings. The van der Waals surface area contributed by atoms with E-state index in [1.165, 1.54) is 27.8 Å². The fourth-order valence-electron chi connectivity index (χ4n) is 3.87. The van der Waals surface area contributed by atoms with Crippen LogP contribution in [0.15, 0.2) is 48.5 Å². The molecule has 0 unspecified atom stereocenters. The first-order valence-electron chi connectivity index (χ1n) is 9.70. The van der Waals surface area contributed by atoms with E-state index in [2.05, 4.69) is 29.6 Å². The molecule has 0 amide bonds. The molecule has 29 heavy (non-hydrogen) atoms. The Balaban J connectivity index is 1.52. The maximum absolute atomic E-state index is 6.37. The third-order valence-electron chi connectivity index (χ3n) is 5.28. The lowest BCUT2D eigenvalue weighted by Crippen LogP contribution is -2.06. The van der Waals surface area contributed by atoms with Gasteiger partial charge in [-0.05, 0) is 48.1 Å². The van der Waals surface area contributed by atoms with E-state index in [9.17, 15) is 0 Å². The van der Waals surface area contributed by atoms with E-state index >= 15 is 0 Å². The van der Waals surface area contributed by atoms with Crippen molar-refractivity contribution in [3.05, 3.63) is 86.0 Å². The van der Waals surface area contributed by atoms with Gasteiger partial charge in [0.1, 0.15) is 16.5 Å². The Morgan fingerprint density at radius 2 is 1.86 bits per heavy atom. The summed E-state index contributed by atoms with van der Waals surface area (Å²) in [5.74, 6) is 1.75. The lowest BCUT2D eigenvalue weighted by molar-refractivity contribution is 0.915. The Morgan fingerprint density at radius 1 is 1.00 bits per heavy atom. The molecule has 0 fully saturated rings. The van der Waals surface area contributed by atoms with Gasteiger partial charge in [0.25, 0.3) is 0 Å². The fourth-order valence-corrected chi connectivity index (χ4v) is 5.62. The number of rotatable bonds is 5. The van der Waals surface area contributed by atoms with E-state index in [-0.39, 0.29) is 0 Å². The zero-order valence-electron chi connectivity index (χ0n) is 15.7. The zero-order chi connectivity index (χ0) is 19.8. The number of aryl methyl sites for hydroxylation is 2. The van der Waals surface area contributed by atoms with Crippen molar-refractivity contribution in [1.82, 2.24) is 9.97 Å². The van der Waals surface area contributed by atoms with Gasteiger partial charge in [-0.15, -0.1) is 11.3 Å². The van der Waals surface area contributed by atoms with Crippen molar-refractivity contribution >= 4 is 50.6 Å². The molecule has 0 saturated heterocycles. The summed E-state index contributed by atoms with van der Waals surface area (Å²) < 4.78 is 0. The molecule has 0 saturated carbocycles. The van der Waals surface area contributed by atoms with E-state index in [1.807, 2.05) is 29.5 Å². The van der Waals surface area contributed by atoms with E-state index in [0.29, 0.717) is 16.6 Å². The fraction of sp³-hybridized carbons (Fsp3) is 0.217. The van der Waals surface area contributed by atoms with Crippen molar-refractivity contribution < 1.29 is 0 Å². The molecule has 2 aromatic heterocycles. The van der Waals surface area contributed by atoms with Gasteiger partial charge in [0.05, 0.1) is 5.39 Å². The van der Waals surface area contributed by atoms with Crippen LogP contribution in [0.4, 0.5) is 5.82 Å². The first kappa shape index (κ1) is 18.9. The van der Waals surface area contributed by atoms with E-state index in [1.54, 1.807) is 6.07 Å². The Hall–Kier alpha value is -2.14. The lowest BCUT2D eigenvalue weighted by atomic mass is 10.1. The van der Waals surface area contributed by atoms with Gasteiger partial charge in [0.2, 0.25) is 0 Å². The zero-order valence-corrected chi connectivity index (χ0v) is 18.0. The van der Waals surface area contributed by atoms with Crippen LogP contribution in [0.5, 0.6) is 0 Å². The molecule has 1 aliphatic carbocycles. The highest BCUT2D eigenvalue weighted by Gasteiger charge is 2.22. The second kappa shape index (κ2) is 7.94. The molecular weight excluding hydrogens is 421 g/mol. The number of halogens is 2. The third kappa shape index (κ3) is 3.85. The van der Waals surface area contributed by atoms with Crippen molar-refractivity contribution in [3.8, 4) is 0 Å². The molecular formula is C23H19Cl2N3S. The number of anilines is 1. The molecule has 1 aliphatic rings. The van der Waals surface area contributed by atoms with Gasteiger partial charge in [-0.3, -0.25) is 0 Å². The standard InChI is InChI=1S/C23H19Cl2N3S/c24-16-10-9-15(18(25)12-16)13-26-22-21-17-7-4-8-19(17)29-23(21)28-20(27-22)11-14-5-2-1-3-6-14/h1-3,5-6,9-10,12H,4,7-8,11,13H2,(H,26,27,28). The van der Waals surface area contributed by atoms with Crippen LogP contribution < -0.4 is 5.32 Å². The number of fused-ring (bicyclic) bond motifs is 3. The smallest absolute Gasteiger partial charge is 0.139 e. The van der Waals surface area contributed by atoms with Crippen LogP contribution >= 0.6 is 34.5 Å². The number of nitrogens with one attached hydrogen (secondary N) is 1. The van der Waals surface area contributed by atoms with Crippen LogP contribution in [0.1, 0.15) is 33.8 Å². The highest BCUT2D eigenvalue weighted by atomic mass is 35.5. The monoisotopic (exact) mass is 439 g/mol. The number of hydrogen-bond donors (Lipinski definition) is 1. The summed E-state index contributed by atoms with van der Waals surface area (Å²) in [6.07, 6.45) is 4.18. The van der Waals surface area contributed by atoms with Crippen LogP contribution in [0.2, 0.25) is 10.0 Å². The number of hydrogen-bond acceptors (Lipinski definition) is 4. The maximum atomic E-state index is 6.37. The number of benzene rings is 2. The molecule has 2 aromatic carbocycles. The predicted molar refractivity (Wildman–Crippen MR) is 122 cm³/mol. The molecule has 3 nitrogen and oxygen atoms in total. The minimum absolute atomic E-state index is 0.595. The Bertz CT molecular complexity index is 1190. The number of aromatic nitrogens is 2.